The van der Waals surface area contributed by atoms with Crippen LogP contribution in [0.2, 0.25) is 5.02 Å². The molecule has 2 amide bonds. The number of amides is 2. The minimum atomic E-state index is -3.76. The fraction of sp³-hybridized carbons (Fsp3) is 0.364. The van der Waals surface area contributed by atoms with Crippen molar-refractivity contribution in [2.24, 2.45) is 5.92 Å². The summed E-state index contributed by atoms with van der Waals surface area (Å²) in [5.74, 6) is -0.0887. The zero-order chi connectivity index (χ0) is 22.9. The number of anilines is 2. The van der Waals surface area contributed by atoms with Crippen LogP contribution in [0.1, 0.15) is 19.8 Å². The molecule has 4 rings (SSSR count). The van der Waals surface area contributed by atoms with Crippen molar-refractivity contribution in [1.29, 1.82) is 0 Å². The molecule has 0 unspecified atom stereocenters. The van der Waals surface area contributed by atoms with Gasteiger partial charge in [-0.3, -0.25) is 9.59 Å². The van der Waals surface area contributed by atoms with Crippen LogP contribution in [0.5, 0.6) is 5.75 Å². The SMILES string of the molecule is CC(=O)N1CCOc2ccc(S(=O)(=O)N3CCC(C(=O)Nc4ccc(Cl)cc4)CC3)cc21. The summed E-state index contributed by atoms with van der Waals surface area (Å²) in [7, 11) is -3.76. The molecule has 0 spiro atoms. The first-order chi connectivity index (χ1) is 15.3. The first-order valence-electron chi connectivity index (χ1n) is 10.4. The van der Waals surface area contributed by atoms with E-state index in [1.807, 2.05) is 0 Å². The molecule has 1 saturated heterocycles. The van der Waals surface area contributed by atoms with Gasteiger partial charge in [0.2, 0.25) is 21.8 Å². The monoisotopic (exact) mass is 477 g/mol. The Labute approximate surface area is 192 Å². The molecule has 2 heterocycles. The van der Waals surface area contributed by atoms with Crippen LogP contribution in [-0.4, -0.2) is 50.8 Å². The van der Waals surface area contributed by atoms with E-state index < -0.39 is 10.0 Å². The van der Waals surface area contributed by atoms with Gasteiger partial charge >= 0.3 is 0 Å². The molecule has 2 aromatic carbocycles. The van der Waals surface area contributed by atoms with Gasteiger partial charge in [-0.2, -0.15) is 4.31 Å². The molecule has 0 aliphatic carbocycles. The Balaban J connectivity index is 1.44. The van der Waals surface area contributed by atoms with Crippen molar-refractivity contribution >= 4 is 44.8 Å². The van der Waals surface area contributed by atoms with Crippen LogP contribution in [0.4, 0.5) is 11.4 Å². The van der Waals surface area contributed by atoms with Crippen LogP contribution in [0.3, 0.4) is 0 Å². The fourth-order valence-corrected chi connectivity index (χ4v) is 5.59. The van der Waals surface area contributed by atoms with Crippen LogP contribution in [-0.2, 0) is 19.6 Å². The number of sulfonamides is 1. The molecule has 0 aromatic heterocycles. The standard InChI is InChI=1S/C22H24ClN3O5S/c1-15(27)26-12-13-31-21-7-6-19(14-20(21)26)32(29,30)25-10-8-16(9-11-25)22(28)24-18-4-2-17(23)3-5-18/h2-7,14,16H,8-13H2,1H3,(H,24,28). The minimum absolute atomic E-state index is 0.108. The number of hydrogen-bond acceptors (Lipinski definition) is 5. The quantitative estimate of drug-likeness (QED) is 0.729. The summed E-state index contributed by atoms with van der Waals surface area (Å²) in [6.07, 6.45) is 0.846. The van der Waals surface area contributed by atoms with Gasteiger partial charge in [0.05, 0.1) is 17.1 Å². The number of nitrogens with zero attached hydrogens (tertiary/aromatic N) is 2. The Morgan fingerprint density at radius 1 is 1.06 bits per heavy atom. The van der Waals surface area contributed by atoms with E-state index in [2.05, 4.69) is 5.32 Å². The van der Waals surface area contributed by atoms with Crippen molar-refractivity contribution in [3.05, 3.63) is 47.5 Å². The summed E-state index contributed by atoms with van der Waals surface area (Å²) in [4.78, 5) is 26.1. The van der Waals surface area contributed by atoms with E-state index in [1.54, 1.807) is 30.3 Å². The van der Waals surface area contributed by atoms with Gasteiger partial charge in [0.1, 0.15) is 12.4 Å². The Kier molecular flexibility index (Phi) is 6.41. The molecular formula is C22H24ClN3O5S. The summed E-state index contributed by atoms with van der Waals surface area (Å²) < 4.78 is 33.4. The highest BCUT2D eigenvalue weighted by Crippen LogP contribution is 2.35. The second-order valence-corrected chi connectivity index (χ2v) is 10.2. The highest BCUT2D eigenvalue weighted by molar-refractivity contribution is 7.89. The molecule has 0 atom stereocenters. The normalized spacial score (nSPS) is 17.4. The van der Waals surface area contributed by atoms with Gasteiger partial charge in [-0.05, 0) is 55.3 Å². The molecule has 2 aliphatic rings. The summed E-state index contributed by atoms with van der Waals surface area (Å²) in [5, 5.41) is 3.44. The molecule has 0 saturated carbocycles. The lowest BCUT2D eigenvalue weighted by molar-refractivity contribution is -0.121. The average Bonchev–Trinajstić information content (AvgIpc) is 2.79. The van der Waals surface area contributed by atoms with Gasteiger partial charge in [0, 0.05) is 36.6 Å². The smallest absolute Gasteiger partial charge is 0.243 e. The number of nitrogens with one attached hydrogen (secondary N) is 1. The van der Waals surface area contributed by atoms with E-state index in [0.29, 0.717) is 48.1 Å². The number of carbonyl (C=O) groups is 2. The highest BCUT2D eigenvalue weighted by atomic mass is 35.5. The number of carbonyl (C=O) groups excluding carboxylic acids is 2. The maximum absolute atomic E-state index is 13.2. The van der Waals surface area contributed by atoms with E-state index in [1.165, 1.54) is 28.3 Å². The number of benzene rings is 2. The molecule has 32 heavy (non-hydrogen) atoms. The van der Waals surface area contributed by atoms with E-state index in [-0.39, 0.29) is 35.7 Å². The number of halogens is 1. The van der Waals surface area contributed by atoms with Gasteiger partial charge in [-0.15, -0.1) is 0 Å². The first-order valence-corrected chi connectivity index (χ1v) is 12.2. The topological polar surface area (TPSA) is 96.0 Å². The highest BCUT2D eigenvalue weighted by Gasteiger charge is 2.33. The van der Waals surface area contributed by atoms with Crippen LogP contribution in [0.25, 0.3) is 0 Å². The van der Waals surface area contributed by atoms with Gasteiger partial charge in [-0.25, -0.2) is 8.42 Å². The molecule has 0 bridgehead atoms. The molecule has 2 aliphatic heterocycles. The number of hydrogen-bond donors (Lipinski definition) is 1. The molecular weight excluding hydrogens is 454 g/mol. The Morgan fingerprint density at radius 2 is 1.75 bits per heavy atom. The lowest BCUT2D eigenvalue weighted by atomic mass is 9.97. The van der Waals surface area contributed by atoms with Gasteiger partial charge in [-0.1, -0.05) is 11.6 Å². The first kappa shape index (κ1) is 22.6. The van der Waals surface area contributed by atoms with Crippen molar-refractivity contribution < 1.29 is 22.7 Å². The van der Waals surface area contributed by atoms with E-state index in [9.17, 15) is 18.0 Å². The van der Waals surface area contributed by atoms with Gasteiger partial charge in [0.15, 0.2) is 0 Å². The van der Waals surface area contributed by atoms with Gasteiger partial charge < -0.3 is 15.0 Å². The lowest BCUT2D eigenvalue weighted by Crippen LogP contribution is -2.41. The molecule has 0 radical (unpaired) electrons. The Bertz CT molecular complexity index is 1130. The summed E-state index contributed by atoms with van der Waals surface area (Å²) >= 11 is 5.87. The maximum Gasteiger partial charge on any atom is 0.243 e. The number of ether oxygens (including phenoxy) is 1. The molecule has 2 aromatic rings. The molecule has 10 heteroatoms. The van der Waals surface area contributed by atoms with E-state index in [0.717, 1.165) is 0 Å². The maximum atomic E-state index is 13.2. The predicted octanol–water partition coefficient (Wildman–Crippen LogP) is 3.12. The Hall–Kier alpha value is -2.62. The van der Waals surface area contributed by atoms with Crippen LogP contribution >= 0.6 is 11.6 Å². The van der Waals surface area contributed by atoms with Crippen molar-refractivity contribution in [2.45, 2.75) is 24.7 Å². The largest absolute Gasteiger partial charge is 0.490 e. The minimum Gasteiger partial charge on any atom is -0.490 e. The zero-order valence-electron chi connectivity index (χ0n) is 17.6. The predicted molar refractivity (Wildman–Crippen MR) is 122 cm³/mol. The summed E-state index contributed by atoms with van der Waals surface area (Å²) in [5.41, 5.74) is 1.11. The van der Waals surface area contributed by atoms with Crippen LogP contribution in [0.15, 0.2) is 47.4 Å². The van der Waals surface area contributed by atoms with Crippen LogP contribution in [0, 0.1) is 5.92 Å². The number of piperidine rings is 1. The van der Waals surface area contributed by atoms with Crippen LogP contribution < -0.4 is 15.0 Å². The van der Waals surface area contributed by atoms with E-state index >= 15 is 0 Å². The number of fused-ring (bicyclic) bond motifs is 1. The fourth-order valence-electron chi connectivity index (χ4n) is 3.97. The zero-order valence-corrected chi connectivity index (χ0v) is 19.2. The van der Waals surface area contributed by atoms with Gasteiger partial charge in [0.25, 0.3) is 0 Å². The summed E-state index contributed by atoms with van der Waals surface area (Å²) in [6.45, 7) is 2.66. The lowest BCUT2D eigenvalue weighted by Gasteiger charge is -2.32. The number of rotatable bonds is 4. The second kappa shape index (κ2) is 9.09. The molecule has 8 nitrogen and oxygen atoms in total. The van der Waals surface area contributed by atoms with Crippen molar-refractivity contribution in [3.63, 3.8) is 0 Å². The Morgan fingerprint density at radius 3 is 2.41 bits per heavy atom. The molecule has 170 valence electrons. The third-order valence-electron chi connectivity index (χ3n) is 5.75. The third kappa shape index (κ3) is 4.60. The average molecular weight is 478 g/mol. The van der Waals surface area contributed by atoms with E-state index in [4.69, 9.17) is 16.3 Å². The second-order valence-electron chi connectivity index (χ2n) is 7.82. The third-order valence-corrected chi connectivity index (χ3v) is 7.89. The van der Waals surface area contributed by atoms with Crippen molar-refractivity contribution in [3.8, 4) is 5.75 Å². The molecule has 1 N–H and O–H groups in total. The van der Waals surface area contributed by atoms with Crippen molar-refractivity contribution in [1.82, 2.24) is 4.31 Å². The summed E-state index contributed by atoms with van der Waals surface area (Å²) in [6, 6.07) is 11.4. The molecule has 1 fully saturated rings. The van der Waals surface area contributed by atoms with Crippen molar-refractivity contribution in [2.75, 3.05) is 36.5 Å².